The van der Waals surface area contributed by atoms with Crippen LogP contribution >= 0.6 is 0 Å². The van der Waals surface area contributed by atoms with E-state index < -0.39 is 5.97 Å². The standard InChI is InChI=1S/C21H14O4.CO2.CH3.3Na/c1-12-6-8-16-18(10-12)25-19-11-13(22)7-9-17(19)20(16)14-4-2-3-5-15(14)21(23)24;2-1-3;;;;/h2-11,22H,1H2,(H,23,24);;1H3;;;/q;;-1;3*+1/p-2. The minimum Gasteiger partial charge on any atom is -0.872 e. The average molecular weight is 456 g/mol. The number of hydrogen-bond acceptors (Lipinski definition) is 6. The van der Waals surface area contributed by atoms with Crippen molar-refractivity contribution in [1.29, 1.82) is 0 Å². The number of aromatic carboxylic acids is 1. The van der Waals surface area contributed by atoms with Gasteiger partial charge in [0.05, 0.1) is 5.97 Å². The molecule has 9 heteroatoms. The number of ether oxygens (including phenoxy) is 1. The maximum atomic E-state index is 11.7. The monoisotopic (exact) mass is 456 g/mol. The number of carbonyl (C=O) groups is 1. The maximum absolute atomic E-state index is 11.7. The van der Waals surface area contributed by atoms with Gasteiger partial charge in [-0.05, 0) is 22.9 Å². The Morgan fingerprint density at radius 3 is 2.12 bits per heavy atom. The van der Waals surface area contributed by atoms with Crippen LogP contribution in [0, 0.1) is 7.43 Å². The molecule has 0 aliphatic carbocycles. The van der Waals surface area contributed by atoms with Gasteiger partial charge in [0.15, 0.2) is 0 Å². The molecule has 1 aliphatic heterocycles. The van der Waals surface area contributed by atoms with E-state index in [2.05, 4.69) is 6.58 Å². The molecule has 0 bridgehead atoms. The Labute approximate surface area is 251 Å². The SMILES string of the molecule is C=c1ccc2c(c1)Oc1cc([O-])ccc1C=2c1ccccc1C(=O)[O-].O=C=O.[CH3-].[Na+].[Na+].[Na+]. The van der Waals surface area contributed by atoms with Gasteiger partial charge >= 0.3 is 94.8 Å². The number of fused-ring (bicyclic) bond motifs is 2. The Bertz CT molecular complexity index is 1230. The zero-order valence-electron chi connectivity index (χ0n) is 18.4. The van der Waals surface area contributed by atoms with E-state index in [1.165, 1.54) is 18.2 Å². The van der Waals surface area contributed by atoms with Gasteiger partial charge in [-0.25, -0.2) is 0 Å². The predicted molar refractivity (Wildman–Crippen MR) is 101 cm³/mol. The van der Waals surface area contributed by atoms with E-state index in [0.29, 0.717) is 28.2 Å². The molecule has 0 saturated heterocycles. The molecule has 1 aliphatic rings. The van der Waals surface area contributed by atoms with E-state index in [0.717, 1.165) is 10.4 Å². The molecule has 1 heterocycles. The summed E-state index contributed by atoms with van der Waals surface area (Å²) in [6.07, 6.45) is 0.250. The van der Waals surface area contributed by atoms with Crippen LogP contribution in [0.3, 0.4) is 0 Å². The van der Waals surface area contributed by atoms with Crippen molar-refractivity contribution < 1.29 is 118 Å². The molecule has 4 rings (SSSR count). The van der Waals surface area contributed by atoms with Gasteiger partial charge < -0.3 is 27.2 Å². The number of rotatable bonds is 2. The first-order valence-corrected chi connectivity index (χ1v) is 8.09. The van der Waals surface area contributed by atoms with Crippen molar-refractivity contribution in [3.63, 3.8) is 0 Å². The van der Waals surface area contributed by atoms with E-state index in [1.807, 2.05) is 12.1 Å². The zero-order valence-corrected chi connectivity index (χ0v) is 24.4. The van der Waals surface area contributed by atoms with E-state index in [9.17, 15) is 15.0 Å². The van der Waals surface area contributed by atoms with Gasteiger partial charge in [-0.15, -0.1) is 5.75 Å². The first-order chi connectivity index (χ1) is 13.5. The first kappa shape index (κ1) is 33.0. The van der Waals surface area contributed by atoms with Crippen LogP contribution in [0.2, 0.25) is 0 Å². The smallest absolute Gasteiger partial charge is 0.872 e. The summed E-state index contributed by atoms with van der Waals surface area (Å²) in [5.41, 5.74) is 1.96. The summed E-state index contributed by atoms with van der Waals surface area (Å²) in [6, 6.07) is 16.6. The van der Waals surface area contributed by atoms with Crippen molar-refractivity contribution in [3.8, 4) is 17.2 Å². The summed E-state index contributed by atoms with van der Waals surface area (Å²) in [7, 11) is 0. The van der Waals surface area contributed by atoms with Gasteiger partial charge in [0.1, 0.15) is 11.5 Å². The second-order valence-corrected chi connectivity index (χ2v) is 5.88. The maximum Gasteiger partial charge on any atom is 1.00 e. The van der Waals surface area contributed by atoms with Gasteiger partial charge in [-0.1, -0.05) is 55.1 Å². The Hall–Kier alpha value is -1.15. The van der Waals surface area contributed by atoms with Crippen LogP contribution in [0.1, 0.15) is 21.5 Å². The van der Waals surface area contributed by atoms with Gasteiger partial charge in [-0.2, -0.15) is 9.59 Å². The van der Waals surface area contributed by atoms with Crippen molar-refractivity contribution in [1.82, 2.24) is 0 Å². The molecule has 32 heavy (non-hydrogen) atoms. The zero-order chi connectivity index (χ0) is 20.3. The number of carboxylic acids is 1. The molecule has 0 N–H and O–H groups in total. The van der Waals surface area contributed by atoms with Crippen LogP contribution in [0.5, 0.6) is 17.2 Å². The molecular formula is C23H15Na3O6. The molecule has 0 fully saturated rings. The Morgan fingerprint density at radius 1 is 0.875 bits per heavy atom. The quantitative estimate of drug-likeness (QED) is 0.219. The molecule has 0 aromatic heterocycles. The minimum atomic E-state index is -1.26. The van der Waals surface area contributed by atoms with E-state index in [-0.39, 0.29) is 114 Å². The molecule has 0 saturated carbocycles. The number of hydrogen-bond donors (Lipinski definition) is 0. The van der Waals surface area contributed by atoms with Crippen LogP contribution in [0.4, 0.5) is 0 Å². The largest absolute Gasteiger partial charge is 1.00 e. The van der Waals surface area contributed by atoms with E-state index in [4.69, 9.17) is 14.3 Å². The minimum absolute atomic E-state index is 0. The van der Waals surface area contributed by atoms with Gasteiger partial charge in [0.25, 0.3) is 0 Å². The molecule has 0 atom stereocenters. The molecule has 6 nitrogen and oxygen atoms in total. The van der Waals surface area contributed by atoms with Crippen LogP contribution < -0.4 is 114 Å². The second-order valence-electron chi connectivity index (χ2n) is 5.88. The average Bonchev–Trinajstić information content (AvgIpc) is 2.66. The number of benzene rings is 3. The van der Waals surface area contributed by atoms with Crippen LogP contribution in [-0.4, -0.2) is 12.1 Å². The van der Waals surface area contributed by atoms with E-state index >= 15 is 0 Å². The summed E-state index contributed by atoms with van der Waals surface area (Å²) in [5, 5.41) is 24.8. The topological polar surface area (TPSA) is 107 Å². The third-order valence-electron chi connectivity index (χ3n) is 4.17. The molecule has 0 amide bonds. The summed E-state index contributed by atoms with van der Waals surface area (Å²) in [4.78, 5) is 27.8. The number of carboxylic acid groups (broad SMARTS) is 1. The normalized spacial score (nSPS) is 9.69. The summed E-state index contributed by atoms with van der Waals surface area (Å²) < 4.78 is 5.87. The third-order valence-corrected chi connectivity index (χ3v) is 4.17. The van der Waals surface area contributed by atoms with Crippen molar-refractivity contribution in [3.05, 3.63) is 95.2 Å². The van der Waals surface area contributed by atoms with E-state index in [1.54, 1.807) is 30.3 Å². The fourth-order valence-electron chi connectivity index (χ4n) is 3.08. The van der Waals surface area contributed by atoms with Crippen LogP contribution in [0.25, 0.3) is 12.2 Å². The Balaban J connectivity index is 0. The molecule has 3 aromatic rings. The van der Waals surface area contributed by atoms with Crippen molar-refractivity contribution >= 4 is 24.3 Å². The van der Waals surface area contributed by atoms with Crippen molar-refractivity contribution in [2.24, 2.45) is 0 Å². The summed E-state index contributed by atoms with van der Waals surface area (Å²) in [5.74, 6) is -0.505. The molecule has 3 aromatic carbocycles. The molecule has 146 valence electrons. The molecule has 0 spiro atoms. The third kappa shape index (κ3) is 7.17. The van der Waals surface area contributed by atoms with Crippen LogP contribution in [0.15, 0.2) is 60.7 Å². The second kappa shape index (κ2) is 14.9. The predicted octanol–water partition coefficient (Wildman–Crippen LogP) is -8.23. The molecule has 0 unspecified atom stereocenters. The first-order valence-electron chi connectivity index (χ1n) is 8.09. The van der Waals surface area contributed by atoms with Gasteiger partial charge in [0, 0.05) is 21.9 Å². The fraction of sp³-hybridized carbons (Fsp3) is 0. The Morgan fingerprint density at radius 2 is 1.50 bits per heavy atom. The van der Waals surface area contributed by atoms with Gasteiger partial charge in [0.2, 0.25) is 0 Å². The molecule has 0 radical (unpaired) electrons. The Kier molecular flexibility index (Phi) is 15.4. The fourth-order valence-corrected chi connectivity index (χ4v) is 3.08. The number of carbonyl (C=O) groups excluding carboxylic acids is 3. The van der Waals surface area contributed by atoms with Crippen LogP contribution in [-0.2, 0) is 9.59 Å². The molecular weight excluding hydrogens is 441 g/mol. The summed E-state index contributed by atoms with van der Waals surface area (Å²) >= 11 is 0. The van der Waals surface area contributed by atoms with Crippen molar-refractivity contribution in [2.45, 2.75) is 0 Å². The summed E-state index contributed by atoms with van der Waals surface area (Å²) in [6.45, 7) is 3.89. The van der Waals surface area contributed by atoms with Gasteiger partial charge in [-0.3, -0.25) is 0 Å². The van der Waals surface area contributed by atoms with Crippen molar-refractivity contribution in [2.75, 3.05) is 0 Å².